The van der Waals surface area contributed by atoms with Gasteiger partial charge in [-0.25, -0.2) is 0 Å². The van der Waals surface area contributed by atoms with Crippen LogP contribution in [0.1, 0.15) is 11.1 Å². The van der Waals surface area contributed by atoms with Gasteiger partial charge < -0.3 is 10.1 Å². The smallest absolute Gasteiger partial charge is 0.262 e. The van der Waals surface area contributed by atoms with Crippen molar-refractivity contribution < 1.29 is 9.53 Å². The van der Waals surface area contributed by atoms with Crippen LogP contribution in [0, 0.1) is 0 Å². The van der Waals surface area contributed by atoms with Crippen LogP contribution in [-0.4, -0.2) is 12.5 Å². The minimum atomic E-state index is -0.177. The summed E-state index contributed by atoms with van der Waals surface area (Å²) in [4.78, 5) is 12.2. The molecule has 3 rings (SSSR count). The van der Waals surface area contributed by atoms with Crippen molar-refractivity contribution in [1.82, 2.24) is 0 Å². The molecule has 0 aromatic heterocycles. The van der Waals surface area contributed by atoms with Gasteiger partial charge in [0.2, 0.25) is 0 Å². The summed E-state index contributed by atoms with van der Waals surface area (Å²) in [5.74, 6) is 0.486. The number of ether oxygens (including phenoxy) is 1. The van der Waals surface area contributed by atoms with E-state index >= 15 is 0 Å². The molecule has 0 saturated carbocycles. The second-order valence-corrected chi connectivity index (χ2v) is 6.53. The van der Waals surface area contributed by atoms with Crippen LogP contribution < -0.4 is 10.1 Å². The van der Waals surface area contributed by atoms with Gasteiger partial charge in [0.05, 0.1) is 0 Å². The van der Waals surface area contributed by atoms with E-state index in [2.05, 4.69) is 33.4 Å². The van der Waals surface area contributed by atoms with Gasteiger partial charge in [-0.3, -0.25) is 4.79 Å². The Morgan fingerprint density at radius 3 is 2.32 bits per heavy atom. The van der Waals surface area contributed by atoms with Crippen molar-refractivity contribution in [2.75, 3.05) is 11.9 Å². The number of hydrogen-bond donors (Lipinski definition) is 1. The Bertz CT molecular complexity index is 832. The molecule has 1 amide bonds. The highest BCUT2D eigenvalue weighted by Crippen LogP contribution is 2.20. The zero-order chi connectivity index (χ0) is 17.5. The van der Waals surface area contributed by atoms with E-state index in [1.54, 1.807) is 0 Å². The van der Waals surface area contributed by atoms with Crippen molar-refractivity contribution in [2.45, 2.75) is 6.42 Å². The molecule has 0 bridgehead atoms. The summed E-state index contributed by atoms with van der Waals surface area (Å²) in [5, 5.41) is 2.94. The summed E-state index contributed by atoms with van der Waals surface area (Å²) in [6.45, 7) is -0.0265. The lowest BCUT2D eigenvalue weighted by molar-refractivity contribution is -0.118. The number of hydrogen-bond acceptors (Lipinski definition) is 2. The van der Waals surface area contributed by atoms with Gasteiger partial charge in [-0.05, 0) is 47.9 Å². The van der Waals surface area contributed by atoms with Crippen LogP contribution in [0.15, 0.2) is 83.3 Å². The number of benzene rings is 3. The third-order valence-corrected chi connectivity index (χ3v) is 4.24. The van der Waals surface area contributed by atoms with E-state index in [9.17, 15) is 4.79 Å². The molecule has 1 N–H and O–H groups in total. The number of nitrogens with one attached hydrogen (secondary N) is 1. The zero-order valence-electron chi connectivity index (χ0n) is 13.6. The van der Waals surface area contributed by atoms with Gasteiger partial charge in [0.1, 0.15) is 5.75 Å². The maximum Gasteiger partial charge on any atom is 0.262 e. The highest BCUT2D eigenvalue weighted by molar-refractivity contribution is 9.10. The van der Waals surface area contributed by atoms with Gasteiger partial charge in [0.25, 0.3) is 5.91 Å². The van der Waals surface area contributed by atoms with Crippen molar-refractivity contribution in [3.05, 3.63) is 94.5 Å². The third-order valence-electron chi connectivity index (χ3n) is 3.71. The predicted octanol–water partition coefficient (Wildman–Crippen LogP) is 5.06. The van der Waals surface area contributed by atoms with E-state index in [1.165, 1.54) is 5.56 Å². The lowest BCUT2D eigenvalue weighted by Crippen LogP contribution is -2.21. The van der Waals surface area contributed by atoms with Crippen LogP contribution in [0.2, 0.25) is 0 Å². The van der Waals surface area contributed by atoms with E-state index in [0.717, 1.165) is 22.1 Å². The van der Waals surface area contributed by atoms with Gasteiger partial charge in [-0.2, -0.15) is 0 Å². The second-order valence-electron chi connectivity index (χ2n) is 5.61. The largest absolute Gasteiger partial charge is 0.484 e. The van der Waals surface area contributed by atoms with Crippen molar-refractivity contribution in [3.8, 4) is 5.75 Å². The molecule has 0 aliphatic heterocycles. The van der Waals surface area contributed by atoms with Crippen LogP contribution in [0.3, 0.4) is 0 Å². The zero-order valence-corrected chi connectivity index (χ0v) is 15.2. The lowest BCUT2D eigenvalue weighted by atomic mass is 10.0. The highest BCUT2D eigenvalue weighted by Gasteiger charge is 2.08. The van der Waals surface area contributed by atoms with E-state index in [1.807, 2.05) is 66.7 Å². The minimum absolute atomic E-state index is 0.0265. The molecule has 126 valence electrons. The van der Waals surface area contributed by atoms with Crippen molar-refractivity contribution >= 4 is 27.5 Å². The molecule has 3 aromatic carbocycles. The van der Waals surface area contributed by atoms with Gasteiger partial charge >= 0.3 is 0 Å². The first-order chi connectivity index (χ1) is 12.2. The van der Waals surface area contributed by atoms with E-state index in [4.69, 9.17) is 4.74 Å². The summed E-state index contributed by atoms with van der Waals surface area (Å²) >= 11 is 3.37. The van der Waals surface area contributed by atoms with Gasteiger partial charge in [0.15, 0.2) is 6.61 Å². The summed E-state index contributed by atoms with van der Waals surface area (Å²) < 4.78 is 6.49. The Kier molecular flexibility index (Phi) is 5.86. The molecule has 0 fully saturated rings. The van der Waals surface area contributed by atoms with Crippen molar-refractivity contribution in [3.63, 3.8) is 0 Å². The second kappa shape index (κ2) is 8.49. The monoisotopic (exact) mass is 395 g/mol. The maximum atomic E-state index is 12.2. The van der Waals surface area contributed by atoms with Crippen LogP contribution in [0.25, 0.3) is 0 Å². The van der Waals surface area contributed by atoms with Crippen LogP contribution >= 0.6 is 15.9 Å². The van der Waals surface area contributed by atoms with Crippen molar-refractivity contribution in [2.24, 2.45) is 0 Å². The van der Waals surface area contributed by atoms with E-state index in [-0.39, 0.29) is 12.5 Å². The first kappa shape index (κ1) is 17.2. The van der Waals surface area contributed by atoms with E-state index in [0.29, 0.717) is 5.75 Å². The Morgan fingerprint density at radius 2 is 1.56 bits per heavy atom. The Morgan fingerprint density at radius 1 is 0.880 bits per heavy atom. The summed E-state index contributed by atoms with van der Waals surface area (Å²) in [7, 11) is 0. The molecule has 3 nitrogen and oxygen atoms in total. The fraction of sp³-hybridized carbons (Fsp3) is 0.0952. The molecular formula is C21H18BrNO2. The average Bonchev–Trinajstić information content (AvgIpc) is 2.64. The van der Waals surface area contributed by atoms with Gasteiger partial charge in [0, 0.05) is 10.2 Å². The molecular weight excluding hydrogens is 378 g/mol. The number of carbonyl (C=O) groups is 1. The molecule has 0 aliphatic carbocycles. The molecule has 0 atom stereocenters. The standard InChI is InChI=1S/C21H18BrNO2/c22-18-10-12-19(13-11-18)25-15-21(24)23-20-9-5-4-8-17(20)14-16-6-2-1-3-7-16/h1-13H,14-15H2,(H,23,24). The SMILES string of the molecule is O=C(COc1ccc(Br)cc1)Nc1ccccc1Cc1ccccc1. The Balaban J connectivity index is 1.62. The van der Waals surface area contributed by atoms with E-state index < -0.39 is 0 Å². The molecule has 0 radical (unpaired) electrons. The average molecular weight is 396 g/mol. The Hall–Kier alpha value is -2.59. The molecule has 4 heteroatoms. The van der Waals surface area contributed by atoms with Crippen LogP contribution in [-0.2, 0) is 11.2 Å². The summed E-state index contributed by atoms with van der Waals surface area (Å²) in [5.41, 5.74) is 3.09. The topological polar surface area (TPSA) is 38.3 Å². The lowest BCUT2D eigenvalue weighted by Gasteiger charge is -2.12. The molecule has 0 aliphatic rings. The quantitative estimate of drug-likeness (QED) is 0.633. The number of halogens is 1. The first-order valence-corrected chi connectivity index (χ1v) is 8.80. The fourth-order valence-corrected chi connectivity index (χ4v) is 2.74. The molecule has 25 heavy (non-hydrogen) atoms. The molecule has 0 heterocycles. The number of carbonyl (C=O) groups excluding carboxylic acids is 1. The normalized spacial score (nSPS) is 10.3. The Labute approximate surface area is 155 Å². The number of rotatable bonds is 6. The van der Waals surface area contributed by atoms with Gasteiger partial charge in [-0.1, -0.05) is 64.5 Å². The van der Waals surface area contributed by atoms with Gasteiger partial charge in [-0.15, -0.1) is 0 Å². The molecule has 0 unspecified atom stereocenters. The maximum absolute atomic E-state index is 12.2. The number of anilines is 1. The number of para-hydroxylation sites is 1. The molecule has 0 saturated heterocycles. The van der Waals surface area contributed by atoms with Crippen LogP contribution in [0.5, 0.6) is 5.75 Å². The number of amides is 1. The first-order valence-electron chi connectivity index (χ1n) is 8.01. The predicted molar refractivity (Wildman–Crippen MR) is 104 cm³/mol. The third kappa shape index (κ3) is 5.19. The molecule has 3 aromatic rings. The highest BCUT2D eigenvalue weighted by atomic mass is 79.9. The minimum Gasteiger partial charge on any atom is -0.484 e. The molecule has 0 spiro atoms. The summed E-state index contributed by atoms with van der Waals surface area (Å²) in [6, 6.07) is 25.4. The van der Waals surface area contributed by atoms with Crippen LogP contribution in [0.4, 0.5) is 5.69 Å². The fourth-order valence-electron chi connectivity index (χ4n) is 2.48. The van der Waals surface area contributed by atoms with Crippen molar-refractivity contribution in [1.29, 1.82) is 0 Å². The summed E-state index contributed by atoms with van der Waals surface area (Å²) in [6.07, 6.45) is 0.769.